The predicted octanol–water partition coefficient (Wildman–Crippen LogP) is 0.980. The Morgan fingerprint density at radius 3 is 2.67 bits per heavy atom. The first-order valence-electron chi connectivity index (χ1n) is 7.05. The van der Waals surface area contributed by atoms with E-state index in [0.29, 0.717) is 12.1 Å². The number of carbonyl (C=O) groups excluding carboxylic acids is 1. The Labute approximate surface area is 123 Å². The van der Waals surface area contributed by atoms with Gasteiger partial charge in [0.1, 0.15) is 0 Å². The van der Waals surface area contributed by atoms with E-state index in [1.54, 1.807) is 17.0 Å². The first kappa shape index (κ1) is 15.3. The second-order valence-electron chi connectivity index (χ2n) is 5.17. The zero-order valence-corrected chi connectivity index (χ0v) is 11.8. The molecule has 1 heterocycles. The molecule has 1 fully saturated rings. The summed E-state index contributed by atoms with van der Waals surface area (Å²) in [4.78, 5) is 24.6. The fourth-order valence-electron chi connectivity index (χ4n) is 2.63. The van der Waals surface area contributed by atoms with Gasteiger partial charge < -0.3 is 20.4 Å². The van der Waals surface area contributed by atoms with E-state index in [9.17, 15) is 14.7 Å². The van der Waals surface area contributed by atoms with Crippen molar-refractivity contribution < 1.29 is 19.8 Å². The van der Waals surface area contributed by atoms with Crippen LogP contribution in [0.3, 0.4) is 0 Å². The predicted molar refractivity (Wildman–Crippen MR) is 76.8 cm³/mol. The third-order valence-electron chi connectivity index (χ3n) is 3.74. The maximum atomic E-state index is 12.1. The quantitative estimate of drug-likeness (QED) is 0.754. The van der Waals surface area contributed by atoms with Gasteiger partial charge in [0.2, 0.25) is 0 Å². The van der Waals surface area contributed by atoms with Crippen LogP contribution in [0, 0.1) is 0 Å². The third-order valence-corrected chi connectivity index (χ3v) is 3.74. The minimum absolute atomic E-state index is 0.0248. The van der Waals surface area contributed by atoms with Gasteiger partial charge in [-0.1, -0.05) is 24.3 Å². The monoisotopic (exact) mass is 292 g/mol. The average Bonchev–Trinajstić information content (AvgIpc) is 2.94. The van der Waals surface area contributed by atoms with Gasteiger partial charge in [-0.2, -0.15) is 0 Å². The zero-order valence-electron chi connectivity index (χ0n) is 11.8. The number of benzene rings is 1. The van der Waals surface area contributed by atoms with Crippen LogP contribution in [-0.2, 0) is 17.8 Å². The van der Waals surface area contributed by atoms with Gasteiger partial charge in [0.15, 0.2) is 0 Å². The van der Waals surface area contributed by atoms with E-state index in [2.05, 4.69) is 5.32 Å². The highest BCUT2D eigenvalue weighted by molar-refractivity contribution is 5.75. The SMILES string of the molecule is O=C(O)Cc1ccccc1CNC(=O)N1CCCC1CO. The molecule has 1 saturated heterocycles. The highest BCUT2D eigenvalue weighted by Crippen LogP contribution is 2.17. The smallest absolute Gasteiger partial charge is 0.317 e. The standard InChI is InChI=1S/C15H20N2O4/c18-10-13-6-3-7-17(13)15(21)16-9-12-5-2-1-4-11(12)8-14(19)20/h1-2,4-5,13,18H,3,6-10H2,(H,16,21)(H,19,20). The number of amides is 2. The number of hydrogen-bond acceptors (Lipinski definition) is 3. The number of carboxylic acid groups (broad SMARTS) is 1. The number of aliphatic carboxylic acids is 1. The Kier molecular flexibility index (Phi) is 5.16. The van der Waals surface area contributed by atoms with Crippen molar-refractivity contribution in [2.45, 2.75) is 31.8 Å². The average molecular weight is 292 g/mol. The molecule has 0 bridgehead atoms. The van der Waals surface area contributed by atoms with Gasteiger partial charge in [-0.3, -0.25) is 4.79 Å². The molecule has 1 aliphatic rings. The van der Waals surface area contributed by atoms with Gasteiger partial charge in [-0.05, 0) is 24.0 Å². The summed E-state index contributed by atoms with van der Waals surface area (Å²) >= 11 is 0. The third kappa shape index (κ3) is 3.95. The number of likely N-dealkylation sites (tertiary alicyclic amines) is 1. The number of hydrogen-bond donors (Lipinski definition) is 3. The molecule has 1 aromatic carbocycles. The van der Waals surface area contributed by atoms with E-state index in [1.165, 1.54) is 0 Å². The maximum absolute atomic E-state index is 12.1. The van der Waals surface area contributed by atoms with Crippen LogP contribution in [0.2, 0.25) is 0 Å². The van der Waals surface area contributed by atoms with Crippen molar-refractivity contribution in [3.63, 3.8) is 0 Å². The van der Waals surface area contributed by atoms with Gasteiger partial charge in [0.05, 0.1) is 19.1 Å². The van der Waals surface area contributed by atoms with Crippen LogP contribution in [0.1, 0.15) is 24.0 Å². The van der Waals surface area contributed by atoms with Crippen molar-refractivity contribution in [3.05, 3.63) is 35.4 Å². The summed E-state index contributed by atoms with van der Waals surface area (Å²) in [6, 6.07) is 6.84. The van der Waals surface area contributed by atoms with Gasteiger partial charge in [-0.25, -0.2) is 4.79 Å². The lowest BCUT2D eigenvalue weighted by molar-refractivity contribution is -0.136. The van der Waals surface area contributed by atoms with E-state index in [1.807, 2.05) is 12.1 Å². The maximum Gasteiger partial charge on any atom is 0.317 e. The summed E-state index contributed by atoms with van der Waals surface area (Å²) < 4.78 is 0. The topological polar surface area (TPSA) is 89.9 Å². The number of carboxylic acids is 1. The van der Waals surface area contributed by atoms with Crippen molar-refractivity contribution in [2.24, 2.45) is 0 Å². The van der Waals surface area contributed by atoms with Crippen molar-refractivity contribution in [1.82, 2.24) is 10.2 Å². The second-order valence-corrected chi connectivity index (χ2v) is 5.17. The van der Waals surface area contributed by atoms with Gasteiger partial charge in [-0.15, -0.1) is 0 Å². The number of urea groups is 1. The number of aliphatic hydroxyl groups is 1. The van der Waals surface area contributed by atoms with Gasteiger partial charge in [0, 0.05) is 13.1 Å². The van der Waals surface area contributed by atoms with Gasteiger partial charge in [0.25, 0.3) is 0 Å². The van der Waals surface area contributed by atoms with Crippen molar-refractivity contribution >= 4 is 12.0 Å². The molecule has 6 nitrogen and oxygen atoms in total. The fraction of sp³-hybridized carbons (Fsp3) is 0.467. The molecule has 0 aromatic heterocycles. The molecule has 1 aromatic rings. The van der Waals surface area contributed by atoms with Crippen LogP contribution in [0.15, 0.2) is 24.3 Å². The summed E-state index contributed by atoms with van der Waals surface area (Å²) in [5.41, 5.74) is 1.50. The molecule has 0 spiro atoms. The molecule has 2 rings (SSSR count). The Balaban J connectivity index is 1.96. The van der Waals surface area contributed by atoms with E-state index in [0.717, 1.165) is 18.4 Å². The summed E-state index contributed by atoms with van der Waals surface area (Å²) in [6.45, 7) is 0.911. The van der Waals surface area contributed by atoms with Gasteiger partial charge >= 0.3 is 12.0 Å². The highest BCUT2D eigenvalue weighted by Gasteiger charge is 2.27. The van der Waals surface area contributed by atoms with Crippen LogP contribution in [0.25, 0.3) is 0 Å². The Bertz CT molecular complexity index is 518. The Morgan fingerprint density at radius 2 is 2.00 bits per heavy atom. The summed E-state index contributed by atoms with van der Waals surface area (Å²) in [6.07, 6.45) is 1.66. The number of nitrogens with zero attached hydrogens (tertiary/aromatic N) is 1. The minimum atomic E-state index is -0.895. The molecule has 0 radical (unpaired) electrons. The number of carbonyl (C=O) groups is 2. The molecular weight excluding hydrogens is 272 g/mol. The van der Waals surface area contributed by atoms with E-state index in [-0.39, 0.29) is 31.6 Å². The van der Waals surface area contributed by atoms with Crippen LogP contribution < -0.4 is 5.32 Å². The first-order valence-corrected chi connectivity index (χ1v) is 7.05. The molecule has 0 aliphatic carbocycles. The van der Waals surface area contributed by atoms with Crippen LogP contribution in [0.5, 0.6) is 0 Å². The molecule has 21 heavy (non-hydrogen) atoms. The zero-order chi connectivity index (χ0) is 15.2. The lowest BCUT2D eigenvalue weighted by atomic mass is 10.0. The summed E-state index contributed by atoms with van der Waals surface area (Å²) in [5, 5.41) is 20.9. The van der Waals surface area contributed by atoms with Crippen molar-refractivity contribution in [2.75, 3.05) is 13.2 Å². The van der Waals surface area contributed by atoms with E-state index >= 15 is 0 Å². The molecule has 0 saturated carbocycles. The minimum Gasteiger partial charge on any atom is -0.481 e. The largest absolute Gasteiger partial charge is 0.481 e. The Hall–Kier alpha value is -2.08. The highest BCUT2D eigenvalue weighted by atomic mass is 16.4. The summed E-state index contributed by atoms with van der Waals surface area (Å²) in [5.74, 6) is -0.895. The van der Waals surface area contributed by atoms with Crippen LogP contribution >= 0.6 is 0 Å². The second kappa shape index (κ2) is 7.08. The van der Waals surface area contributed by atoms with Crippen LogP contribution in [-0.4, -0.2) is 46.3 Å². The molecule has 2 amide bonds. The Morgan fingerprint density at radius 1 is 1.29 bits per heavy atom. The molecular formula is C15H20N2O4. The number of rotatable bonds is 5. The summed E-state index contributed by atoms with van der Waals surface area (Å²) in [7, 11) is 0. The normalized spacial score (nSPS) is 17.8. The van der Waals surface area contributed by atoms with Crippen molar-refractivity contribution in [1.29, 1.82) is 0 Å². The molecule has 1 unspecified atom stereocenters. The first-order chi connectivity index (χ1) is 10.1. The lowest BCUT2D eigenvalue weighted by Crippen LogP contribution is -2.44. The van der Waals surface area contributed by atoms with Crippen LogP contribution in [0.4, 0.5) is 4.79 Å². The molecule has 3 N–H and O–H groups in total. The molecule has 114 valence electrons. The van der Waals surface area contributed by atoms with Crippen molar-refractivity contribution in [3.8, 4) is 0 Å². The lowest BCUT2D eigenvalue weighted by Gasteiger charge is -2.23. The molecule has 1 aliphatic heterocycles. The fourth-order valence-corrected chi connectivity index (χ4v) is 2.63. The van der Waals surface area contributed by atoms with E-state index < -0.39 is 5.97 Å². The van der Waals surface area contributed by atoms with E-state index in [4.69, 9.17) is 5.11 Å². The molecule has 1 atom stereocenters. The number of aliphatic hydroxyl groups excluding tert-OH is 1. The molecule has 6 heteroatoms. The number of nitrogens with one attached hydrogen (secondary N) is 1.